The van der Waals surface area contributed by atoms with Gasteiger partial charge in [0, 0.05) is 13.1 Å². The van der Waals surface area contributed by atoms with Crippen molar-refractivity contribution in [3.05, 3.63) is 0 Å². The molecule has 0 heterocycles. The minimum atomic E-state index is -0.366. The van der Waals surface area contributed by atoms with Crippen LogP contribution < -0.4 is 5.73 Å². The van der Waals surface area contributed by atoms with E-state index >= 15 is 0 Å². The molecule has 0 saturated heterocycles. The maximum Gasteiger partial charge on any atom is 0.0788 e. The molecule has 1 atom stereocenters. The zero-order valence-electron chi connectivity index (χ0n) is 6.17. The van der Waals surface area contributed by atoms with Crippen LogP contribution >= 0.6 is 0 Å². The van der Waals surface area contributed by atoms with Crippen LogP contribution in [0.25, 0.3) is 0 Å². The molecule has 56 valence electrons. The molecule has 3 nitrogen and oxygen atoms in total. The second kappa shape index (κ2) is 4.73. The average molecular weight is 132 g/mol. The van der Waals surface area contributed by atoms with E-state index in [9.17, 15) is 0 Å². The van der Waals surface area contributed by atoms with Crippen LogP contribution in [0.3, 0.4) is 0 Å². The lowest BCUT2D eigenvalue weighted by Gasteiger charge is -2.16. The zero-order chi connectivity index (χ0) is 7.28. The highest BCUT2D eigenvalue weighted by Crippen LogP contribution is 1.84. The molecule has 0 radical (unpaired) electrons. The van der Waals surface area contributed by atoms with E-state index in [4.69, 9.17) is 10.8 Å². The first-order chi connectivity index (χ1) is 4.20. The van der Waals surface area contributed by atoms with E-state index in [1.54, 1.807) is 0 Å². The molecule has 0 aromatic heterocycles. The minimum absolute atomic E-state index is 0.352. The first kappa shape index (κ1) is 8.88. The quantitative estimate of drug-likeness (QED) is 0.529. The number of rotatable bonds is 4. The summed E-state index contributed by atoms with van der Waals surface area (Å²) >= 11 is 0. The van der Waals surface area contributed by atoms with Gasteiger partial charge in [0.05, 0.1) is 6.10 Å². The second-order valence-corrected chi connectivity index (χ2v) is 2.24. The van der Waals surface area contributed by atoms with Gasteiger partial charge < -0.3 is 15.7 Å². The predicted molar refractivity (Wildman–Crippen MR) is 38.2 cm³/mol. The van der Waals surface area contributed by atoms with Gasteiger partial charge in [0.2, 0.25) is 0 Å². The Hall–Kier alpha value is -0.120. The lowest BCUT2D eigenvalue weighted by atomic mass is 10.3. The van der Waals surface area contributed by atoms with Crippen LogP contribution in [0.4, 0.5) is 0 Å². The molecule has 0 saturated carbocycles. The first-order valence-corrected chi connectivity index (χ1v) is 3.27. The third kappa shape index (κ3) is 4.39. The molecule has 1 unspecified atom stereocenters. The van der Waals surface area contributed by atoms with Crippen LogP contribution in [0.5, 0.6) is 0 Å². The van der Waals surface area contributed by atoms with Gasteiger partial charge in [0.15, 0.2) is 0 Å². The normalized spacial score (nSPS) is 14.3. The summed E-state index contributed by atoms with van der Waals surface area (Å²) in [5, 5.41) is 8.99. The summed E-state index contributed by atoms with van der Waals surface area (Å²) < 4.78 is 0. The van der Waals surface area contributed by atoms with Crippen molar-refractivity contribution in [2.45, 2.75) is 13.0 Å². The van der Waals surface area contributed by atoms with Gasteiger partial charge in [-0.15, -0.1) is 0 Å². The van der Waals surface area contributed by atoms with Crippen LogP contribution in [0.2, 0.25) is 0 Å². The smallest absolute Gasteiger partial charge is 0.0788 e. The number of hydrogen-bond acceptors (Lipinski definition) is 3. The van der Waals surface area contributed by atoms with Crippen molar-refractivity contribution < 1.29 is 5.11 Å². The summed E-state index contributed by atoms with van der Waals surface area (Å²) in [5.74, 6) is 0. The Morgan fingerprint density at radius 3 is 2.56 bits per heavy atom. The second-order valence-electron chi connectivity index (χ2n) is 2.24. The number of nitrogens with zero attached hydrogens (tertiary/aromatic N) is 1. The molecule has 0 aliphatic heterocycles. The van der Waals surface area contributed by atoms with E-state index in [2.05, 4.69) is 0 Å². The fourth-order valence-electron chi connectivity index (χ4n) is 0.563. The maximum absolute atomic E-state index is 8.99. The molecule has 0 spiro atoms. The summed E-state index contributed by atoms with van der Waals surface area (Å²) in [6.45, 7) is 4.03. The van der Waals surface area contributed by atoms with E-state index < -0.39 is 0 Å². The summed E-state index contributed by atoms with van der Waals surface area (Å²) in [6.07, 6.45) is -0.366. The minimum Gasteiger partial charge on any atom is -0.390 e. The molecule has 0 amide bonds. The molecular weight excluding hydrogens is 116 g/mol. The van der Waals surface area contributed by atoms with Crippen LogP contribution in [0.1, 0.15) is 6.92 Å². The first-order valence-electron chi connectivity index (χ1n) is 3.27. The third-order valence-electron chi connectivity index (χ3n) is 1.33. The molecule has 3 N–H and O–H groups in total. The highest BCUT2D eigenvalue weighted by Gasteiger charge is 2.02. The molecule has 9 heavy (non-hydrogen) atoms. The zero-order valence-corrected chi connectivity index (χ0v) is 6.17. The monoisotopic (exact) mass is 132 g/mol. The van der Waals surface area contributed by atoms with Crippen molar-refractivity contribution in [3.63, 3.8) is 0 Å². The number of aliphatic hydroxyl groups is 1. The van der Waals surface area contributed by atoms with E-state index in [1.807, 2.05) is 18.9 Å². The summed E-state index contributed by atoms with van der Waals surface area (Å²) in [7, 11) is 1.96. The van der Waals surface area contributed by atoms with E-state index in [0.29, 0.717) is 13.1 Å². The Balaban J connectivity index is 3.22. The number of nitrogens with two attached hydrogens (primary N) is 1. The molecule has 0 fully saturated rings. The van der Waals surface area contributed by atoms with Crippen LogP contribution in [-0.2, 0) is 0 Å². The Kier molecular flexibility index (Phi) is 4.67. The highest BCUT2D eigenvalue weighted by atomic mass is 16.3. The summed E-state index contributed by atoms with van der Waals surface area (Å²) in [5.41, 5.74) is 5.20. The standard InChI is InChI=1S/C6H16N2O/c1-3-8(2)5-6(9)4-7/h6,9H,3-5,7H2,1-2H3. The SMILES string of the molecule is CCN(C)CC(O)CN. The van der Waals surface area contributed by atoms with Gasteiger partial charge in [0.25, 0.3) is 0 Å². The van der Waals surface area contributed by atoms with E-state index in [1.165, 1.54) is 0 Å². The summed E-state index contributed by atoms with van der Waals surface area (Å²) in [4.78, 5) is 2.03. The van der Waals surface area contributed by atoms with Gasteiger partial charge in [-0.2, -0.15) is 0 Å². The van der Waals surface area contributed by atoms with Crippen LogP contribution in [-0.4, -0.2) is 42.8 Å². The van der Waals surface area contributed by atoms with E-state index in [0.717, 1.165) is 6.54 Å². The lowest BCUT2D eigenvalue weighted by molar-refractivity contribution is 0.135. The fraction of sp³-hybridized carbons (Fsp3) is 1.00. The van der Waals surface area contributed by atoms with Gasteiger partial charge in [-0.25, -0.2) is 0 Å². The fourth-order valence-corrected chi connectivity index (χ4v) is 0.563. The Bertz CT molecular complexity index is 60.1. The van der Waals surface area contributed by atoms with Crippen LogP contribution in [0, 0.1) is 0 Å². The van der Waals surface area contributed by atoms with Crippen molar-refractivity contribution in [3.8, 4) is 0 Å². The van der Waals surface area contributed by atoms with Gasteiger partial charge in [-0.05, 0) is 13.6 Å². The summed E-state index contributed by atoms with van der Waals surface area (Å²) in [6, 6.07) is 0. The molecule has 0 rings (SSSR count). The topological polar surface area (TPSA) is 49.5 Å². The number of likely N-dealkylation sites (N-methyl/N-ethyl adjacent to an activating group) is 1. The average Bonchev–Trinajstić information content (AvgIpc) is 1.87. The van der Waals surface area contributed by atoms with Crippen molar-refractivity contribution in [2.24, 2.45) is 5.73 Å². The van der Waals surface area contributed by atoms with Crippen LogP contribution in [0.15, 0.2) is 0 Å². The molecule has 0 aliphatic carbocycles. The van der Waals surface area contributed by atoms with Crippen molar-refractivity contribution in [1.82, 2.24) is 4.90 Å². The van der Waals surface area contributed by atoms with Gasteiger partial charge >= 0.3 is 0 Å². The molecule has 0 aliphatic rings. The highest BCUT2D eigenvalue weighted by molar-refractivity contribution is 4.59. The predicted octanol–water partition coefficient (Wildman–Crippen LogP) is -0.742. The molecule has 3 heteroatoms. The maximum atomic E-state index is 8.99. The molecule has 0 aromatic carbocycles. The van der Waals surface area contributed by atoms with Gasteiger partial charge in [-0.1, -0.05) is 6.92 Å². The molecule has 0 bridgehead atoms. The lowest BCUT2D eigenvalue weighted by Crippen LogP contribution is -2.33. The van der Waals surface area contributed by atoms with Gasteiger partial charge in [-0.3, -0.25) is 0 Å². The van der Waals surface area contributed by atoms with Crippen molar-refractivity contribution in [1.29, 1.82) is 0 Å². The number of hydrogen-bond donors (Lipinski definition) is 2. The van der Waals surface area contributed by atoms with Crippen molar-refractivity contribution in [2.75, 3.05) is 26.7 Å². The Labute approximate surface area is 56.5 Å². The largest absolute Gasteiger partial charge is 0.390 e. The van der Waals surface area contributed by atoms with Crippen molar-refractivity contribution >= 4 is 0 Å². The number of aliphatic hydroxyl groups excluding tert-OH is 1. The molecular formula is C6H16N2O. The molecule has 0 aromatic rings. The Morgan fingerprint density at radius 1 is 1.67 bits per heavy atom. The van der Waals surface area contributed by atoms with E-state index in [-0.39, 0.29) is 6.10 Å². The van der Waals surface area contributed by atoms with Gasteiger partial charge in [0.1, 0.15) is 0 Å². The Morgan fingerprint density at radius 2 is 2.22 bits per heavy atom. The third-order valence-corrected chi connectivity index (χ3v) is 1.33.